The van der Waals surface area contributed by atoms with Crippen LogP contribution < -0.4 is 0 Å². The van der Waals surface area contributed by atoms with Gasteiger partial charge in [-0.05, 0) is 19.4 Å². The van der Waals surface area contributed by atoms with Gasteiger partial charge in [-0.25, -0.2) is 4.39 Å². The third-order valence-electron chi connectivity index (χ3n) is 2.83. The summed E-state index contributed by atoms with van der Waals surface area (Å²) in [6.07, 6.45) is 4.62. The Balaban J connectivity index is 2.35. The van der Waals surface area contributed by atoms with Crippen molar-refractivity contribution in [3.05, 3.63) is 42.5 Å². The topological polar surface area (TPSA) is 17.8 Å². The Hall–Kier alpha value is -1.64. The minimum atomic E-state index is -0.203. The van der Waals surface area contributed by atoms with Crippen LogP contribution in [0.25, 0.3) is 11.1 Å². The highest BCUT2D eigenvalue weighted by Gasteiger charge is 2.08. The van der Waals surface area contributed by atoms with Crippen LogP contribution in [0.3, 0.4) is 0 Å². The van der Waals surface area contributed by atoms with Crippen molar-refractivity contribution in [2.24, 2.45) is 0 Å². The first-order chi connectivity index (χ1) is 7.72. The minimum Gasteiger partial charge on any atom is -0.269 e. The lowest BCUT2D eigenvalue weighted by Gasteiger charge is -2.07. The van der Waals surface area contributed by atoms with Crippen molar-refractivity contribution in [3.8, 4) is 11.1 Å². The number of halogens is 1. The zero-order chi connectivity index (χ0) is 11.5. The normalized spacial score (nSPS) is 12.7. The van der Waals surface area contributed by atoms with Gasteiger partial charge in [0.2, 0.25) is 0 Å². The molecular formula is C13H15FN2. The zero-order valence-corrected chi connectivity index (χ0v) is 9.52. The Morgan fingerprint density at radius 1 is 1.38 bits per heavy atom. The first-order valence-electron chi connectivity index (χ1n) is 5.51. The molecule has 2 rings (SSSR count). The van der Waals surface area contributed by atoms with E-state index in [9.17, 15) is 4.39 Å². The third-order valence-corrected chi connectivity index (χ3v) is 2.83. The molecule has 1 heterocycles. The lowest BCUT2D eigenvalue weighted by atomic mass is 10.1. The fourth-order valence-corrected chi connectivity index (χ4v) is 1.60. The first-order valence-corrected chi connectivity index (χ1v) is 5.51. The minimum absolute atomic E-state index is 0.203. The van der Waals surface area contributed by atoms with Crippen LogP contribution in [0.4, 0.5) is 4.39 Å². The molecule has 2 nitrogen and oxygen atoms in total. The summed E-state index contributed by atoms with van der Waals surface area (Å²) in [5.74, 6) is -0.203. The molecule has 84 valence electrons. The first kappa shape index (κ1) is 10.9. The van der Waals surface area contributed by atoms with Gasteiger partial charge >= 0.3 is 0 Å². The average Bonchev–Trinajstić information content (AvgIpc) is 2.78. The van der Waals surface area contributed by atoms with Gasteiger partial charge in [0.05, 0.1) is 6.20 Å². The van der Waals surface area contributed by atoms with Crippen molar-refractivity contribution in [2.45, 2.75) is 26.3 Å². The van der Waals surface area contributed by atoms with E-state index in [0.717, 1.165) is 12.0 Å². The van der Waals surface area contributed by atoms with Gasteiger partial charge in [-0.15, -0.1) is 0 Å². The van der Waals surface area contributed by atoms with Crippen LogP contribution in [0.5, 0.6) is 0 Å². The summed E-state index contributed by atoms with van der Waals surface area (Å²) < 4.78 is 15.4. The number of benzene rings is 1. The molecule has 0 amide bonds. The molecule has 2 aromatic rings. The molecular weight excluding hydrogens is 203 g/mol. The molecule has 0 bridgehead atoms. The fraction of sp³-hybridized carbons (Fsp3) is 0.308. The Morgan fingerprint density at radius 3 is 2.81 bits per heavy atom. The van der Waals surface area contributed by atoms with Gasteiger partial charge in [-0.1, -0.05) is 25.1 Å². The highest BCUT2D eigenvalue weighted by Crippen LogP contribution is 2.23. The molecule has 3 heteroatoms. The van der Waals surface area contributed by atoms with E-state index >= 15 is 0 Å². The summed E-state index contributed by atoms with van der Waals surface area (Å²) in [4.78, 5) is 0. The molecule has 1 atom stereocenters. The number of aromatic nitrogens is 2. The highest BCUT2D eigenvalue weighted by atomic mass is 19.1. The maximum atomic E-state index is 13.5. The van der Waals surface area contributed by atoms with E-state index in [4.69, 9.17) is 0 Å². The lowest BCUT2D eigenvalue weighted by Crippen LogP contribution is -2.03. The lowest BCUT2D eigenvalue weighted by molar-refractivity contribution is 0.478. The summed E-state index contributed by atoms with van der Waals surface area (Å²) in [6.45, 7) is 4.20. The average molecular weight is 218 g/mol. The molecule has 0 fully saturated rings. The number of rotatable bonds is 3. The van der Waals surface area contributed by atoms with Gasteiger partial charge in [0.15, 0.2) is 0 Å². The van der Waals surface area contributed by atoms with Crippen molar-refractivity contribution in [1.82, 2.24) is 9.78 Å². The largest absolute Gasteiger partial charge is 0.269 e. The Morgan fingerprint density at radius 2 is 2.12 bits per heavy atom. The number of hydrogen-bond acceptors (Lipinski definition) is 1. The molecule has 1 aromatic carbocycles. The van der Waals surface area contributed by atoms with Crippen LogP contribution >= 0.6 is 0 Å². The second-order valence-corrected chi connectivity index (χ2v) is 3.95. The van der Waals surface area contributed by atoms with Gasteiger partial charge in [0.25, 0.3) is 0 Å². The fourth-order valence-electron chi connectivity index (χ4n) is 1.60. The summed E-state index contributed by atoms with van der Waals surface area (Å²) in [5, 5.41) is 4.25. The van der Waals surface area contributed by atoms with Gasteiger partial charge in [0, 0.05) is 23.4 Å². The monoisotopic (exact) mass is 218 g/mol. The van der Waals surface area contributed by atoms with E-state index in [1.54, 1.807) is 18.3 Å². The van der Waals surface area contributed by atoms with Crippen molar-refractivity contribution < 1.29 is 4.39 Å². The van der Waals surface area contributed by atoms with Gasteiger partial charge in [-0.3, -0.25) is 4.68 Å². The Bertz CT molecular complexity index is 476. The van der Waals surface area contributed by atoms with Crippen LogP contribution in [0, 0.1) is 5.82 Å². The SMILES string of the molecule is CCC(C)n1cc(-c2ccccc2F)cn1. The Kier molecular flexibility index (Phi) is 3.04. The smallest absolute Gasteiger partial charge is 0.131 e. The molecule has 0 aliphatic rings. The van der Waals surface area contributed by atoms with Crippen molar-refractivity contribution in [2.75, 3.05) is 0 Å². The van der Waals surface area contributed by atoms with Crippen molar-refractivity contribution >= 4 is 0 Å². The molecule has 0 aliphatic carbocycles. The van der Waals surface area contributed by atoms with Crippen LogP contribution in [-0.4, -0.2) is 9.78 Å². The molecule has 1 unspecified atom stereocenters. The molecule has 1 aromatic heterocycles. The number of nitrogens with zero attached hydrogens (tertiary/aromatic N) is 2. The highest BCUT2D eigenvalue weighted by molar-refractivity contribution is 5.62. The van der Waals surface area contributed by atoms with Gasteiger partial charge in [0.1, 0.15) is 5.82 Å². The maximum Gasteiger partial charge on any atom is 0.131 e. The van der Waals surface area contributed by atoms with Crippen molar-refractivity contribution in [3.63, 3.8) is 0 Å². The van der Waals surface area contributed by atoms with Crippen LogP contribution in [0.1, 0.15) is 26.3 Å². The number of hydrogen-bond donors (Lipinski definition) is 0. The maximum absolute atomic E-state index is 13.5. The van der Waals surface area contributed by atoms with Gasteiger partial charge < -0.3 is 0 Å². The second kappa shape index (κ2) is 4.47. The molecule has 0 saturated carbocycles. The predicted molar refractivity (Wildman–Crippen MR) is 62.6 cm³/mol. The summed E-state index contributed by atoms with van der Waals surface area (Å²) in [7, 11) is 0. The third kappa shape index (κ3) is 1.98. The second-order valence-electron chi connectivity index (χ2n) is 3.95. The van der Waals surface area contributed by atoms with Crippen molar-refractivity contribution in [1.29, 1.82) is 0 Å². The van der Waals surface area contributed by atoms with E-state index in [2.05, 4.69) is 18.9 Å². The quantitative estimate of drug-likeness (QED) is 0.768. The summed E-state index contributed by atoms with van der Waals surface area (Å²) in [5.41, 5.74) is 1.44. The molecule has 0 aliphatic heterocycles. The summed E-state index contributed by atoms with van der Waals surface area (Å²) in [6, 6.07) is 7.11. The molecule has 0 N–H and O–H groups in total. The molecule has 16 heavy (non-hydrogen) atoms. The van der Waals surface area contributed by atoms with Crippen LogP contribution in [0.2, 0.25) is 0 Å². The molecule has 0 radical (unpaired) electrons. The van der Waals surface area contributed by atoms with E-state index in [-0.39, 0.29) is 5.82 Å². The van der Waals surface area contributed by atoms with E-state index < -0.39 is 0 Å². The van der Waals surface area contributed by atoms with E-state index in [1.165, 1.54) is 6.07 Å². The van der Waals surface area contributed by atoms with Crippen LogP contribution in [-0.2, 0) is 0 Å². The Labute approximate surface area is 94.7 Å². The predicted octanol–water partition coefficient (Wildman–Crippen LogP) is 3.66. The van der Waals surface area contributed by atoms with Gasteiger partial charge in [-0.2, -0.15) is 5.10 Å². The standard InChI is InChI=1S/C13H15FN2/c1-3-10(2)16-9-11(8-15-16)12-6-4-5-7-13(12)14/h4-10H,3H2,1-2H3. The van der Waals surface area contributed by atoms with E-state index in [1.807, 2.05) is 16.9 Å². The van der Waals surface area contributed by atoms with E-state index in [0.29, 0.717) is 11.6 Å². The summed E-state index contributed by atoms with van der Waals surface area (Å²) >= 11 is 0. The zero-order valence-electron chi connectivity index (χ0n) is 9.52. The molecule has 0 saturated heterocycles. The molecule has 0 spiro atoms. The van der Waals surface area contributed by atoms with Crippen LogP contribution in [0.15, 0.2) is 36.7 Å².